The predicted molar refractivity (Wildman–Crippen MR) is 62.4 cm³/mol. The molecule has 0 aliphatic rings. The summed E-state index contributed by atoms with van der Waals surface area (Å²) < 4.78 is 0. The van der Waals surface area contributed by atoms with Crippen LogP contribution in [0.3, 0.4) is 0 Å². The van der Waals surface area contributed by atoms with Gasteiger partial charge in [-0.2, -0.15) is 5.26 Å². The normalized spacial score (nSPS) is 10.2. The van der Waals surface area contributed by atoms with Gasteiger partial charge in [-0.1, -0.05) is 6.92 Å². The molecule has 0 aromatic carbocycles. The van der Waals surface area contributed by atoms with Gasteiger partial charge in [0.25, 0.3) is 0 Å². The number of nitrogens with zero attached hydrogens (tertiary/aromatic N) is 3. The van der Waals surface area contributed by atoms with E-state index in [1.165, 1.54) is 6.20 Å². The molecule has 1 aromatic heterocycles. The molecule has 1 rings (SSSR count). The van der Waals surface area contributed by atoms with Gasteiger partial charge in [-0.15, -0.1) is 0 Å². The van der Waals surface area contributed by atoms with E-state index in [0.29, 0.717) is 19.5 Å². The highest BCUT2D eigenvalue weighted by Gasteiger charge is 2.06. The second-order valence-corrected chi connectivity index (χ2v) is 3.62. The van der Waals surface area contributed by atoms with Crippen LogP contribution in [0, 0.1) is 11.3 Å². The Bertz CT molecular complexity index is 409. The number of carbonyl (C=O) groups is 1. The van der Waals surface area contributed by atoms with E-state index < -0.39 is 5.97 Å². The molecule has 0 atom stereocenters. The fourth-order valence-electron chi connectivity index (χ4n) is 1.43. The van der Waals surface area contributed by atoms with Crippen LogP contribution >= 0.6 is 0 Å². The lowest BCUT2D eigenvalue weighted by molar-refractivity contribution is 0.0696. The fraction of sp³-hybridized carbons (Fsp3) is 0.417. The molecule has 0 saturated carbocycles. The highest BCUT2D eigenvalue weighted by molar-refractivity contribution is 5.87. The van der Waals surface area contributed by atoms with Gasteiger partial charge in [-0.05, 0) is 18.7 Å². The van der Waals surface area contributed by atoms with Gasteiger partial charge in [0.2, 0.25) is 0 Å². The van der Waals surface area contributed by atoms with Crippen molar-refractivity contribution < 1.29 is 9.90 Å². The molecule has 0 saturated heterocycles. The summed E-state index contributed by atoms with van der Waals surface area (Å²) in [5.41, 5.74) is 1.00. The number of carboxylic acid groups (broad SMARTS) is 1. The zero-order valence-electron chi connectivity index (χ0n) is 9.76. The minimum atomic E-state index is -0.971. The average Bonchev–Trinajstić information content (AvgIpc) is 2.35. The van der Waals surface area contributed by atoms with Crippen LogP contribution in [-0.4, -0.2) is 34.0 Å². The highest BCUT2D eigenvalue weighted by Crippen LogP contribution is 2.04. The summed E-state index contributed by atoms with van der Waals surface area (Å²) >= 11 is 0. The summed E-state index contributed by atoms with van der Waals surface area (Å²) in [6.45, 7) is 4.19. The largest absolute Gasteiger partial charge is 0.478 e. The number of carboxylic acids is 1. The van der Waals surface area contributed by atoms with E-state index in [-0.39, 0.29) is 5.56 Å². The summed E-state index contributed by atoms with van der Waals surface area (Å²) in [6, 6.07) is 5.35. The smallest absolute Gasteiger partial charge is 0.337 e. The Morgan fingerprint density at radius 1 is 1.59 bits per heavy atom. The summed E-state index contributed by atoms with van der Waals surface area (Å²) in [5.74, 6) is -0.971. The van der Waals surface area contributed by atoms with E-state index in [9.17, 15) is 4.79 Å². The molecule has 17 heavy (non-hydrogen) atoms. The van der Waals surface area contributed by atoms with Crippen LogP contribution in [0.5, 0.6) is 0 Å². The van der Waals surface area contributed by atoms with E-state index in [1.807, 2.05) is 6.92 Å². The Morgan fingerprint density at radius 3 is 2.82 bits per heavy atom. The molecule has 5 heteroatoms. The zero-order valence-corrected chi connectivity index (χ0v) is 9.76. The lowest BCUT2D eigenvalue weighted by atomic mass is 10.2. The molecule has 0 unspecified atom stereocenters. The molecule has 0 aliphatic carbocycles. The first kappa shape index (κ1) is 13.1. The Balaban J connectivity index is 2.61. The van der Waals surface area contributed by atoms with E-state index in [1.54, 1.807) is 12.1 Å². The number of nitriles is 1. The van der Waals surface area contributed by atoms with Crippen molar-refractivity contribution in [1.29, 1.82) is 5.26 Å². The van der Waals surface area contributed by atoms with E-state index in [2.05, 4.69) is 16.0 Å². The molecule has 5 nitrogen and oxygen atoms in total. The number of aromatic carboxylic acids is 1. The number of aromatic nitrogens is 1. The van der Waals surface area contributed by atoms with Crippen molar-refractivity contribution in [1.82, 2.24) is 9.88 Å². The lowest BCUT2D eigenvalue weighted by Gasteiger charge is -2.18. The molecule has 1 N–H and O–H groups in total. The Labute approximate surface area is 100 Å². The summed E-state index contributed by atoms with van der Waals surface area (Å²) in [4.78, 5) is 16.8. The number of hydrogen-bond acceptors (Lipinski definition) is 4. The maximum Gasteiger partial charge on any atom is 0.337 e. The second-order valence-electron chi connectivity index (χ2n) is 3.62. The first-order valence-corrected chi connectivity index (χ1v) is 5.45. The highest BCUT2D eigenvalue weighted by atomic mass is 16.4. The third-order valence-corrected chi connectivity index (χ3v) is 2.44. The second kappa shape index (κ2) is 6.61. The maximum absolute atomic E-state index is 10.6. The van der Waals surface area contributed by atoms with Crippen LogP contribution in [0.2, 0.25) is 0 Å². The average molecular weight is 233 g/mol. The SMILES string of the molecule is CCN(CCC#N)Cc1ccc(C(=O)O)cn1. The maximum atomic E-state index is 10.6. The predicted octanol–water partition coefficient (Wildman–Crippen LogP) is 1.52. The third-order valence-electron chi connectivity index (χ3n) is 2.44. The zero-order chi connectivity index (χ0) is 12.7. The summed E-state index contributed by atoms with van der Waals surface area (Å²) in [6.07, 6.45) is 1.84. The molecular weight excluding hydrogens is 218 g/mol. The fourth-order valence-corrected chi connectivity index (χ4v) is 1.43. The van der Waals surface area contributed by atoms with E-state index in [4.69, 9.17) is 10.4 Å². The van der Waals surface area contributed by atoms with Crippen LogP contribution in [0.1, 0.15) is 29.4 Å². The van der Waals surface area contributed by atoms with Crippen molar-refractivity contribution in [3.63, 3.8) is 0 Å². The Hall–Kier alpha value is -1.93. The molecule has 0 spiro atoms. The first-order valence-electron chi connectivity index (χ1n) is 5.45. The van der Waals surface area contributed by atoms with Crippen molar-refractivity contribution in [2.24, 2.45) is 0 Å². The molecule has 1 aromatic rings. The number of pyridine rings is 1. The first-order chi connectivity index (χ1) is 8.17. The molecule has 1 heterocycles. The molecule has 0 radical (unpaired) electrons. The minimum Gasteiger partial charge on any atom is -0.478 e. The monoisotopic (exact) mass is 233 g/mol. The van der Waals surface area contributed by atoms with Crippen molar-refractivity contribution in [2.45, 2.75) is 19.9 Å². The number of rotatable bonds is 6. The van der Waals surface area contributed by atoms with Crippen molar-refractivity contribution in [3.05, 3.63) is 29.6 Å². The standard InChI is InChI=1S/C12H15N3O2/c1-2-15(7-3-6-13)9-11-5-4-10(8-14-11)12(16)17/h4-5,8H,2-3,7,9H2,1H3,(H,16,17). The molecule has 0 amide bonds. The van der Waals surface area contributed by atoms with Gasteiger partial charge in [0, 0.05) is 25.7 Å². The van der Waals surface area contributed by atoms with E-state index in [0.717, 1.165) is 12.2 Å². The molecule has 0 fully saturated rings. The van der Waals surface area contributed by atoms with Gasteiger partial charge in [0.1, 0.15) is 0 Å². The van der Waals surface area contributed by atoms with Gasteiger partial charge < -0.3 is 5.11 Å². The van der Waals surface area contributed by atoms with Crippen LogP contribution < -0.4 is 0 Å². The van der Waals surface area contributed by atoms with Crippen molar-refractivity contribution in [2.75, 3.05) is 13.1 Å². The van der Waals surface area contributed by atoms with Crippen LogP contribution in [0.25, 0.3) is 0 Å². The minimum absolute atomic E-state index is 0.189. The molecule has 0 aliphatic heterocycles. The summed E-state index contributed by atoms with van der Waals surface area (Å²) in [7, 11) is 0. The van der Waals surface area contributed by atoms with Crippen molar-refractivity contribution >= 4 is 5.97 Å². The molecular formula is C12H15N3O2. The van der Waals surface area contributed by atoms with Gasteiger partial charge in [0.15, 0.2) is 0 Å². The third kappa shape index (κ3) is 4.21. The summed E-state index contributed by atoms with van der Waals surface area (Å²) in [5, 5.41) is 17.3. The number of hydrogen-bond donors (Lipinski definition) is 1. The van der Waals surface area contributed by atoms with Gasteiger partial charge >= 0.3 is 5.97 Å². The van der Waals surface area contributed by atoms with Gasteiger partial charge in [-0.25, -0.2) is 4.79 Å². The van der Waals surface area contributed by atoms with E-state index >= 15 is 0 Å². The topological polar surface area (TPSA) is 77.2 Å². The Morgan fingerprint density at radius 2 is 2.35 bits per heavy atom. The quantitative estimate of drug-likeness (QED) is 0.806. The van der Waals surface area contributed by atoms with Crippen LogP contribution in [-0.2, 0) is 6.54 Å². The molecule has 0 bridgehead atoms. The lowest BCUT2D eigenvalue weighted by Crippen LogP contribution is -2.24. The molecule has 90 valence electrons. The Kier molecular flexibility index (Phi) is 5.11. The van der Waals surface area contributed by atoms with Gasteiger partial charge in [-0.3, -0.25) is 9.88 Å². The van der Waals surface area contributed by atoms with Crippen LogP contribution in [0.4, 0.5) is 0 Å². The van der Waals surface area contributed by atoms with Crippen LogP contribution in [0.15, 0.2) is 18.3 Å². The van der Waals surface area contributed by atoms with Gasteiger partial charge in [0.05, 0.1) is 17.3 Å². The van der Waals surface area contributed by atoms with Crippen molar-refractivity contribution in [3.8, 4) is 6.07 Å².